The number of rotatable bonds is 1. The van der Waals surface area contributed by atoms with Crippen LogP contribution in [0.2, 0.25) is 0 Å². The van der Waals surface area contributed by atoms with Crippen molar-refractivity contribution in [2.45, 2.75) is 13.3 Å². The Bertz CT molecular complexity index is 173. The lowest BCUT2D eigenvalue weighted by Gasteiger charge is -1.76. The summed E-state index contributed by atoms with van der Waals surface area (Å²) in [6.07, 6.45) is 1.09. The van der Waals surface area contributed by atoms with Gasteiger partial charge in [-0.1, -0.05) is 6.92 Å². The van der Waals surface area contributed by atoms with Gasteiger partial charge in [-0.15, -0.1) is 0 Å². The third kappa shape index (κ3) is 1.29. The van der Waals surface area contributed by atoms with Gasteiger partial charge in [0, 0.05) is 4.88 Å². The summed E-state index contributed by atoms with van der Waals surface area (Å²) in [4.78, 5) is 1.33. The number of hydrogen-bond donors (Lipinski definition) is 0. The Balaban J connectivity index is 2.84. The molecule has 0 aromatic carbocycles. The number of hydrogen-bond acceptors (Lipinski definition) is 2. The van der Waals surface area contributed by atoms with Crippen molar-refractivity contribution in [1.82, 2.24) is 4.37 Å². The molecule has 0 N–H and O–H groups in total. The van der Waals surface area contributed by atoms with Crippen LogP contribution in [0.5, 0.6) is 0 Å². The maximum absolute atomic E-state index is 4.05. The van der Waals surface area contributed by atoms with E-state index in [1.807, 2.05) is 6.07 Å². The summed E-state index contributed by atoms with van der Waals surface area (Å²) in [5.74, 6) is 0. The molecule has 0 unspecified atom stereocenters. The van der Waals surface area contributed by atoms with E-state index in [0.29, 0.717) is 0 Å². The second-order valence-electron chi connectivity index (χ2n) is 1.47. The first-order valence-electron chi connectivity index (χ1n) is 2.44. The zero-order valence-electron chi connectivity index (χ0n) is 4.52. The Morgan fingerprint density at radius 3 is 2.88 bits per heavy atom. The van der Waals surface area contributed by atoms with Crippen molar-refractivity contribution in [2.75, 3.05) is 0 Å². The molecule has 0 aliphatic carbocycles. The molecule has 0 bridgehead atoms. The van der Waals surface area contributed by atoms with Crippen LogP contribution in [0.15, 0.2) is 10.7 Å². The van der Waals surface area contributed by atoms with Crippen LogP contribution < -0.4 is 0 Å². The smallest absolute Gasteiger partial charge is 0.120 e. The van der Waals surface area contributed by atoms with Crippen molar-refractivity contribution in [3.05, 3.63) is 15.5 Å². The largest absolute Gasteiger partial charge is 0.185 e. The van der Waals surface area contributed by atoms with Crippen LogP contribution in [0.3, 0.4) is 0 Å². The molecular formula is C5H6BrNS. The molecule has 0 aliphatic rings. The zero-order valence-corrected chi connectivity index (χ0v) is 6.92. The van der Waals surface area contributed by atoms with Gasteiger partial charge < -0.3 is 0 Å². The molecule has 0 amide bonds. The average molecular weight is 192 g/mol. The molecule has 1 heterocycles. The minimum atomic E-state index is 0.958. The van der Waals surface area contributed by atoms with Crippen LogP contribution in [-0.2, 0) is 6.42 Å². The second kappa shape index (κ2) is 2.60. The van der Waals surface area contributed by atoms with Gasteiger partial charge in [-0.25, -0.2) is 0 Å². The van der Waals surface area contributed by atoms with E-state index in [1.54, 1.807) is 11.5 Å². The molecule has 0 fully saturated rings. The molecule has 0 spiro atoms. The average Bonchev–Trinajstić information content (AvgIpc) is 2.14. The summed E-state index contributed by atoms with van der Waals surface area (Å²) in [6.45, 7) is 2.12. The first-order chi connectivity index (χ1) is 3.83. The molecule has 1 aromatic rings. The van der Waals surface area contributed by atoms with Crippen LogP contribution in [0.25, 0.3) is 0 Å². The van der Waals surface area contributed by atoms with Gasteiger partial charge in [-0.05, 0) is 39.9 Å². The normalized spacial score (nSPS) is 9.75. The van der Waals surface area contributed by atoms with E-state index in [-0.39, 0.29) is 0 Å². The number of nitrogens with zero attached hydrogens (tertiary/aromatic N) is 1. The SMILES string of the molecule is CCc1cc(Br)ns1. The highest BCUT2D eigenvalue weighted by atomic mass is 79.9. The molecular weight excluding hydrogens is 186 g/mol. The Morgan fingerprint density at radius 2 is 2.62 bits per heavy atom. The van der Waals surface area contributed by atoms with E-state index >= 15 is 0 Å². The molecule has 1 nitrogen and oxygen atoms in total. The third-order valence-electron chi connectivity index (χ3n) is 0.879. The molecule has 1 rings (SSSR count). The summed E-state index contributed by atoms with van der Waals surface area (Å²) < 4.78 is 5.00. The van der Waals surface area contributed by atoms with E-state index in [4.69, 9.17) is 0 Å². The number of aryl methyl sites for hydroxylation is 1. The summed E-state index contributed by atoms with van der Waals surface area (Å²) >= 11 is 4.82. The van der Waals surface area contributed by atoms with Crippen molar-refractivity contribution in [1.29, 1.82) is 0 Å². The second-order valence-corrected chi connectivity index (χ2v) is 3.17. The molecule has 3 heteroatoms. The maximum Gasteiger partial charge on any atom is 0.120 e. The summed E-state index contributed by atoms with van der Waals surface area (Å²) in [5.41, 5.74) is 0. The molecule has 0 aliphatic heterocycles. The topological polar surface area (TPSA) is 12.9 Å². The lowest BCUT2D eigenvalue weighted by Crippen LogP contribution is -1.64. The summed E-state index contributed by atoms with van der Waals surface area (Å²) in [6, 6.07) is 2.05. The summed E-state index contributed by atoms with van der Waals surface area (Å²) in [7, 11) is 0. The van der Waals surface area contributed by atoms with Crippen molar-refractivity contribution in [3.63, 3.8) is 0 Å². The van der Waals surface area contributed by atoms with Gasteiger partial charge in [0.25, 0.3) is 0 Å². The standard InChI is InChI=1S/C5H6BrNS/c1-2-4-3-5(6)7-8-4/h3H,2H2,1H3. The van der Waals surface area contributed by atoms with Crippen LogP contribution in [0, 0.1) is 0 Å². The van der Waals surface area contributed by atoms with Crippen LogP contribution in [0.4, 0.5) is 0 Å². The van der Waals surface area contributed by atoms with Gasteiger partial charge in [0.05, 0.1) is 0 Å². The maximum atomic E-state index is 4.05. The molecule has 0 saturated heterocycles. The van der Waals surface area contributed by atoms with Gasteiger partial charge in [0.1, 0.15) is 4.60 Å². The Labute approximate surface area is 61.0 Å². The van der Waals surface area contributed by atoms with Gasteiger partial charge >= 0.3 is 0 Å². The molecule has 0 saturated carbocycles. The van der Waals surface area contributed by atoms with Crippen molar-refractivity contribution < 1.29 is 0 Å². The highest BCUT2D eigenvalue weighted by molar-refractivity contribution is 9.10. The number of halogens is 1. The zero-order chi connectivity index (χ0) is 5.98. The van der Waals surface area contributed by atoms with E-state index < -0.39 is 0 Å². The Morgan fingerprint density at radius 1 is 1.88 bits per heavy atom. The van der Waals surface area contributed by atoms with Crippen molar-refractivity contribution in [2.24, 2.45) is 0 Å². The molecule has 0 atom stereocenters. The quantitative estimate of drug-likeness (QED) is 0.665. The molecule has 8 heavy (non-hydrogen) atoms. The Kier molecular flexibility index (Phi) is 2.02. The van der Waals surface area contributed by atoms with Crippen molar-refractivity contribution >= 4 is 27.5 Å². The first kappa shape index (κ1) is 6.23. The monoisotopic (exact) mass is 191 g/mol. The predicted octanol–water partition coefficient (Wildman–Crippen LogP) is 2.47. The lowest BCUT2D eigenvalue weighted by atomic mass is 10.4. The number of aromatic nitrogens is 1. The fraction of sp³-hybridized carbons (Fsp3) is 0.400. The van der Waals surface area contributed by atoms with Gasteiger partial charge in [-0.3, -0.25) is 0 Å². The van der Waals surface area contributed by atoms with Gasteiger partial charge in [0.2, 0.25) is 0 Å². The summed E-state index contributed by atoms with van der Waals surface area (Å²) in [5, 5.41) is 0. The minimum absolute atomic E-state index is 0.958. The molecule has 44 valence electrons. The Hall–Kier alpha value is 0.110. The highest BCUT2D eigenvalue weighted by Crippen LogP contribution is 2.14. The first-order valence-corrected chi connectivity index (χ1v) is 4.00. The molecule has 1 aromatic heterocycles. The van der Waals surface area contributed by atoms with E-state index in [2.05, 4.69) is 27.2 Å². The lowest BCUT2D eigenvalue weighted by molar-refractivity contribution is 1.18. The van der Waals surface area contributed by atoms with E-state index in [1.165, 1.54) is 4.88 Å². The van der Waals surface area contributed by atoms with Crippen LogP contribution in [0.1, 0.15) is 11.8 Å². The minimum Gasteiger partial charge on any atom is -0.185 e. The van der Waals surface area contributed by atoms with Gasteiger partial charge in [-0.2, -0.15) is 4.37 Å². The third-order valence-corrected chi connectivity index (χ3v) is 2.45. The predicted molar refractivity (Wildman–Crippen MR) is 39.2 cm³/mol. The van der Waals surface area contributed by atoms with Crippen LogP contribution in [-0.4, -0.2) is 4.37 Å². The van der Waals surface area contributed by atoms with E-state index in [0.717, 1.165) is 11.0 Å². The van der Waals surface area contributed by atoms with Crippen LogP contribution >= 0.6 is 27.5 Å². The highest BCUT2D eigenvalue weighted by Gasteiger charge is 1.92. The fourth-order valence-corrected chi connectivity index (χ4v) is 1.65. The van der Waals surface area contributed by atoms with Gasteiger partial charge in [0.15, 0.2) is 0 Å². The van der Waals surface area contributed by atoms with E-state index in [9.17, 15) is 0 Å². The van der Waals surface area contributed by atoms with Crippen molar-refractivity contribution in [3.8, 4) is 0 Å². The molecule has 0 radical (unpaired) electrons. The fourth-order valence-electron chi connectivity index (χ4n) is 0.454.